The molecular formula is C28H37N7O4. The number of nitrogens with one attached hydrogen (secondary N) is 1. The van der Waals surface area contributed by atoms with Gasteiger partial charge in [-0.25, -0.2) is 4.98 Å². The summed E-state index contributed by atoms with van der Waals surface area (Å²) in [4.78, 5) is 22.5. The average molecular weight is 536 g/mol. The number of aromatic nitrogens is 4. The van der Waals surface area contributed by atoms with E-state index in [0.717, 1.165) is 38.5 Å². The summed E-state index contributed by atoms with van der Waals surface area (Å²) in [6.07, 6.45) is 5.32. The summed E-state index contributed by atoms with van der Waals surface area (Å²) in [5.41, 5.74) is 1.62. The third kappa shape index (κ3) is 5.99. The summed E-state index contributed by atoms with van der Waals surface area (Å²) in [6.45, 7) is 10.1. The molecule has 2 saturated heterocycles. The standard InChI is InChI=1S/C28H37N7O4/c1-19(2)21-16-22(24(37)17-23(21)36)26-31-32-27(28(38)29-8-11-33-9-4-3-5-10-33)35(26)20-6-7-25(30-18-20)34-12-14-39-15-13-34/h6-7,16-19,36-37H,3-5,8-15H2,1-2H3,(H,29,38). The van der Waals surface area contributed by atoms with E-state index in [9.17, 15) is 15.0 Å². The third-order valence-corrected chi connectivity index (χ3v) is 7.36. The number of carbonyl (C=O) groups is 1. The van der Waals surface area contributed by atoms with Crippen LogP contribution in [0.2, 0.25) is 0 Å². The van der Waals surface area contributed by atoms with E-state index in [-0.39, 0.29) is 35.0 Å². The monoisotopic (exact) mass is 535 g/mol. The van der Waals surface area contributed by atoms with E-state index in [1.54, 1.807) is 16.8 Å². The van der Waals surface area contributed by atoms with E-state index >= 15 is 0 Å². The van der Waals surface area contributed by atoms with Gasteiger partial charge in [-0.1, -0.05) is 20.3 Å². The van der Waals surface area contributed by atoms with Crippen LogP contribution < -0.4 is 10.2 Å². The molecule has 0 bridgehead atoms. The Balaban J connectivity index is 1.48. The highest BCUT2D eigenvalue weighted by molar-refractivity contribution is 5.92. The zero-order valence-electron chi connectivity index (χ0n) is 22.6. The number of anilines is 1. The molecular weight excluding hydrogens is 498 g/mol. The van der Waals surface area contributed by atoms with Gasteiger partial charge in [0, 0.05) is 32.2 Å². The predicted octanol–water partition coefficient (Wildman–Crippen LogP) is 2.92. The molecule has 2 aliphatic heterocycles. The fourth-order valence-corrected chi connectivity index (χ4v) is 5.17. The Bertz CT molecular complexity index is 1280. The van der Waals surface area contributed by atoms with E-state index in [1.807, 2.05) is 26.0 Å². The molecule has 0 radical (unpaired) electrons. The molecule has 1 amide bonds. The zero-order chi connectivity index (χ0) is 27.4. The van der Waals surface area contributed by atoms with Gasteiger partial charge in [0.05, 0.1) is 30.7 Å². The Morgan fingerprint density at radius 1 is 1.03 bits per heavy atom. The molecule has 11 nitrogen and oxygen atoms in total. The molecule has 0 saturated carbocycles. The fourth-order valence-electron chi connectivity index (χ4n) is 5.17. The lowest BCUT2D eigenvalue weighted by molar-refractivity contribution is 0.0934. The molecule has 208 valence electrons. The smallest absolute Gasteiger partial charge is 0.289 e. The van der Waals surface area contributed by atoms with Gasteiger partial charge in [-0.15, -0.1) is 10.2 Å². The van der Waals surface area contributed by atoms with Crippen molar-refractivity contribution in [1.82, 2.24) is 30.0 Å². The molecule has 0 spiro atoms. The van der Waals surface area contributed by atoms with Gasteiger partial charge in [-0.2, -0.15) is 0 Å². The Hall–Kier alpha value is -3.70. The summed E-state index contributed by atoms with van der Waals surface area (Å²) < 4.78 is 7.06. The van der Waals surface area contributed by atoms with E-state index in [1.165, 1.54) is 25.3 Å². The van der Waals surface area contributed by atoms with Crippen LogP contribution in [0.1, 0.15) is 55.2 Å². The fraction of sp³-hybridized carbons (Fsp3) is 0.500. The highest BCUT2D eigenvalue weighted by Gasteiger charge is 2.25. The highest BCUT2D eigenvalue weighted by atomic mass is 16.5. The van der Waals surface area contributed by atoms with Crippen LogP contribution in [0.15, 0.2) is 30.5 Å². The molecule has 4 heterocycles. The van der Waals surface area contributed by atoms with Crippen molar-refractivity contribution in [1.29, 1.82) is 0 Å². The SMILES string of the molecule is CC(C)c1cc(-c2nnc(C(=O)NCCN3CCCCC3)n2-c2ccc(N3CCOCC3)nc2)c(O)cc1O. The largest absolute Gasteiger partial charge is 0.508 e. The summed E-state index contributed by atoms with van der Waals surface area (Å²) in [7, 11) is 0. The van der Waals surface area contributed by atoms with Crippen LogP contribution in [0.4, 0.5) is 5.82 Å². The van der Waals surface area contributed by atoms with Gasteiger partial charge < -0.3 is 30.1 Å². The van der Waals surface area contributed by atoms with Crippen LogP contribution in [-0.2, 0) is 4.74 Å². The molecule has 39 heavy (non-hydrogen) atoms. The Kier molecular flexibility index (Phi) is 8.27. The molecule has 2 aliphatic rings. The number of phenols is 2. The summed E-state index contributed by atoms with van der Waals surface area (Å²) in [5, 5.41) is 32.7. The van der Waals surface area contributed by atoms with Crippen molar-refractivity contribution in [3.63, 3.8) is 0 Å². The van der Waals surface area contributed by atoms with Crippen molar-refractivity contribution in [2.45, 2.75) is 39.0 Å². The van der Waals surface area contributed by atoms with E-state index in [2.05, 4.69) is 30.3 Å². The number of carbonyl (C=O) groups excluding carboxylic acids is 1. The van der Waals surface area contributed by atoms with Crippen LogP contribution in [0.5, 0.6) is 11.5 Å². The first-order valence-electron chi connectivity index (χ1n) is 13.7. The normalized spacial score (nSPS) is 16.5. The summed E-state index contributed by atoms with van der Waals surface area (Å²) >= 11 is 0. The summed E-state index contributed by atoms with van der Waals surface area (Å²) in [5.74, 6) is 0.710. The minimum absolute atomic E-state index is 0.00419. The lowest BCUT2D eigenvalue weighted by atomic mass is 9.98. The van der Waals surface area contributed by atoms with E-state index in [0.29, 0.717) is 36.6 Å². The van der Waals surface area contributed by atoms with Gasteiger partial charge in [0.25, 0.3) is 5.91 Å². The van der Waals surface area contributed by atoms with Gasteiger partial charge in [-0.05, 0) is 55.6 Å². The number of benzene rings is 1. The van der Waals surface area contributed by atoms with Crippen molar-refractivity contribution in [2.24, 2.45) is 0 Å². The van der Waals surface area contributed by atoms with Crippen molar-refractivity contribution in [3.8, 4) is 28.6 Å². The molecule has 3 N–H and O–H groups in total. The van der Waals surface area contributed by atoms with Crippen LogP contribution in [0.3, 0.4) is 0 Å². The predicted molar refractivity (Wildman–Crippen MR) is 148 cm³/mol. The Morgan fingerprint density at radius 2 is 1.79 bits per heavy atom. The lowest BCUT2D eigenvalue weighted by Gasteiger charge is -2.27. The number of nitrogens with zero attached hydrogens (tertiary/aromatic N) is 6. The maximum Gasteiger partial charge on any atom is 0.289 e. The van der Waals surface area contributed by atoms with Gasteiger partial charge in [-0.3, -0.25) is 9.36 Å². The first-order chi connectivity index (χ1) is 18.9. The molecule has 11 heteroatoms. The number of ether oxygens (including phenoxy) is 1. The van der Waals surface area contributed by atoms with Crippen LogP contribution in [-0.4, -0.2) is 93.3 Å². The topological polar surface area (TPSA) is 129 Å². The van der Waals surface area contributed by atoms with Crippen molar-refractivity contribution >= 4 is 11.7 Å². The van der Waals surface area contributed by atoms with Gasteiger partial charge >= 0.3 is 0 Å². The number of rotatable bonds is 8. The quantitative estimate of drug-likeness (QED) is 0.399. The molecule has 0 atom stereocenters. The number of phenolic OH excluding ortho intramolecular Hbond substituents is 2. The highest BCUT2D eigenvalue weighted by Crippen LogP contribution is 2.38. The number of hydrogen-bond acceptors (Lipinski definition) is 9. The summed E-state index contributed by atoms with van der Waals surface area (Å²) in [6, 6.07) is 6.78. The second kappa shape index (κ2) is 12.0. The molecule has 3 aromatic rings. The molecule has 5 rings (SSSR count). The van der Waals surface area contributed by atoms with Crippen LogP contribution >= 0.6 is 0 Å². The van der Waals surface area contributed by atoms with Crippen LogP contribution in [0.25, 0.3) is 17.1 Å². The third-order valence-electron chi connectivity index (χ3n) is 7.36. The molecule has 0 aliphatic carbocycles. The number of pyridine rings is 1. The van der Waals surface area contributed by atoms with Gasteiger partial charge in [0.1, 0.15) is 17.3 Å². The number of aromatic hydroxyl groups is 2. The van der Waals surface area contributed by atoms with Gasteiger partial charge in [0.15, 0.2) is 5.82 Å². The second-order valence-corrected chi connectivity index (χ2v) is 10.4. The number of amides is 1. The maximum absolute atomic E-state index is 13.4. The number of hydrogen-bond donors (Lipinski definition) is 3. The number of piperidine rings is 1. The molecule has 2 aromatic heterocycles. The number of likely N-dealkylation sites (tertiary alicyclic amines) is 1. The first-order valence-corrected chi connectivity index (χ1v) is 13.7. The van der Waals surface area contributed by atoms with Crippen LogP contribution in [0, 0.1) is 0 Å². The van der Waals surface area contributed by atoms with Crippen molar-refractivity contribution in [3.05, 3.63) is 41.9 Å². The minimum atomic E-state index is -0.356. The first kappa shape index (κ1) is 26.9. The minimum Gasteiger partial charge on any atom is -0.508 e. The average Bonchev–Trinajstić information content (AvgIpc) is 3.39. The number of morpholine rings is 1. The van der Waals surface area contributed by atoms with Gasteiger partial charge in [0.2, 0.25) is 5.82 Å². The van der Waals surface area contributed by atoms with E-state index < -0.39 is 0 Å². The molecule has 1 aromatic carbocycles. The molecule has 0 unspecified atom stereocenters. The molecule has 2 fully saturated rings. The maximum atomic E-state index is 13.4. The van der Waals surface area contributed by atoms with Crippen molar-refractivity contribution in [2.75, 3.05) is 57.4 Å². The van der Waals surface area contributed by atoms with E-state index in [4.69, 9.17) is 4.74 Å². The lowest BCUT2D eigenvalue weighted by Crippen LogP contribution is -2.38. The Labute approximate surface area is 228 Å². The second-order valence-electron chi connectivity index (χ2n) is 10.4. The zero-order valence-corrected chi connectivity index (χ0v) is 22.6. The Morgan fingerprint density at radius 3 is 2.49 bits per heavy atom. The van der Waals surface area contributed by atoms with Crippen molar-refractivity contribution < 1.29 is 19.7 Å².